The van der Waals surface area contributed by atoms with Crippen LogP contribution in [0.15, 0.2) is 70.7 Å². The van der Waals surface area contributed by atoms with E-state index in [1.165, 1.54) is 16.4 Å². The fourth-order valence-corrected chi connectivity index (χ4v) is 5.28. The Hall–Kier alpha value is -3.23. The van der Waals surface area contributed by atoms with Crippen LogP contribution in [0.3, 0.4) is 0 Å². The summed E-state index contributed by atoms with van der Waals surface area (Å²) in [5.41, 5.74) is 4.28. The highest BCUT2D eigenvalue weighted by Gasteiger charge is 2.27. The molecule has 4 rings (SSSR count). The van der Waals surface area contributed by atoms with Crippen molar-refractivity contribution in [3.63, 3.8) is 0 Å². The van der Waals surface area contributed by atoms with Crippen LogP contribution in [0.1, 0.15) is 35.7 Å². The fourth-order valence-electron chi connectivity index (χ4n) is 3.71. The molecule has 32 heavy (non-hydrogen) atoms. The third-order valence-corrected chi connectivity index (χ3v) is 7.48. The van der Waals surface area contributed by atoms with E-state index in [0.717, 1.165) is 34.9 Å². The molecule has 1 saturated heterocycles. The second-order valence-corrected chi connectivity index (χ2v) is 9.64. The number of hydrazone groups is 1. The fraction of sp³-hybridized carbons (Fsp3) is 0.250. The average molecular weight is 452 g/mol. The van der Waals surface area contributed by atoms with Gasteiger partial charge in [0.25, 0.3) is 5.91 Å². The Labute approximate surface area is 187 Å². The lowest BCUT2D eigenvalue weighted by Gasteiger charge is -2.15. The molecule has 0 aromatic heterocycles. The number of hydrogen-bond donors (Lipinski definition) is 1. The van der Waals surface area contributed by atoms with Crippen LogP contribution in [0.2, 0.25) is 0 Å². The Kier molecular flexibility index (Phi) is 6.25. The molecule has 1 fully saturated rings. The zero-order chi connectivity index (χ0) is 22.7. The summed E-state index contributed by atoms with van der Waals surface area (Å²) in [4.78, 5) is 12.7. The first-order valence-corrected chi connectivity index (χ1v) is 11.9. The van der Waals surface area contributed by atoms with Crippen molar-refractivity contribution in [2.24, 2.45) is 5.10 Å². The Morgan fingerprint density at radius 2 is 1.69 bits per heavy atom. The predicted molar refractivity (Wildman–Crippen MR) is 125 cm³/mol. The number of carbonyl (C=O) groups excluding carboxylic acids is 1. The van der Waals surface area contributed by atoms with Crippen molar-refractivity contribution in [2.45, 2.75) is 24.7 Å². The number of nitrogens with one attached hydrogen (secondary N) is 1. The van der Waals surface area contributed by atoms with Crippen LogP contribution < -0.4 is 10.2 Å². The minimum absolute atomic E-state index is 0.123. The van der Waals surface area contributed by atoms with Crippen molar-refractivity contribution >= 4 is 32.4 Å². The third-order valence-electron chi connectivity index (χ3n) is 5.59. The Balaban J connectivity index is 1.51. The van der Waals surface area contributed by atoms with Gasteiger partial charge in [0.1, 0.15) is 5.75 Å². The minimum Gasteiger partial charge on any atom is -0.497 e. The van der Waals surface area contributed by atoms with E-state index in [-0.39, 0.29) is 10.5 Å². The summed E-state index contributed by atoms with van der Waals surface area (Å²) in [7, 11) is -1.95. The number of rotatable bonds is 6. The first-order valence-electron chi connectivity index (χ1n) is 10.4. The molecule has 166 valence electrons. The molecule has 0 unspecified atom stereocenters. The smallest absolute Gasteiger partial charge is 0.271 e. The van der Waals surface area contributed by atoms with Gasteiger partial charge in [-0.15, -0.1) is 0 Å². The van der Waals surface area contributed by atoms with Crippen molar-refractivity contribution < 1.29 is 17.9 Å². The normalized spacial score (nSPS) is 15.1. The number of ether oxygens (including phenoxy) is 1. The van der Waals surface area contributed by atoms with E-state index in [0.29, 0.717) is 18.8 Å². The molecule has 0 bridgehead atoms. The summed E-state index contributed by atoms with van der Waals surface area (Å²) in [5, 5.41) is 6.29. The van der Waals surface area contributed by atoms with Gasteiger partial charge in [-0.2, -0.15) is 9.41 Å². The maximum Gasteiger partial charge on any atom is 0.271 e. The van der Waals surface area contributed by atoms with Crippen LogP contribution in [-0.4, -0.2) is 44.5 Å². The van der Waals surface area contributed by atoms with Gasteiger partial charge in [-0.3, -0.25) is 4.79 Å². The SMILES string of the molecule is COc1ccc2cc(C(C)=NNC(=O)c3cccc(S(=O)(=O)N4CCCC4)c3)ccc2c1. The number of carbonyl (C=O) groups is 1. The average Bonchev–Trinajstić information content (AvgIpc) is 3.37. The standard InChI is InChI=1S/C24H25N3O4S/c1-17(18-8-9-20-15-22(31-2)11-10-19(20)14-18)25-26-24(28)21-6-5-7-23(16-21)32(29,30)27-12-3-4-13-27/h5-11,14-16H,3-4,12-13H2,1-2H3,(H,26,28). The molecular formula is C24H25N3O4S. The maximum absolute atomic E-state index is 12.8. The molecule has 1 amide bonds. The van der Waals surface area contributed by atoms with Gasteiger partial charge in [0, 0.05) is 18.7 Å². The van der Waals surface area contributed by atoms with E-state index < -0.39 is 15.9 Å². The lowest BCUT2D eigenvalue weighted by Crippen LogP contribution is -2.28. The van der Waals surface area contributed by atoms with Gasteiger partial charge >= 0.3 is 0 Å². The first kappa shape index (κ1) is 22.0. The quantitative estimate of drug-likeness (QED) is 0.456. The van der Waals surface area contributed by atoms with E-state index in [9.17, 15) is 13.2 Å². The van der Waals surface area contributed by atoms with Gasteiger partial charge in [0.2, 0.25) is 10.0 Å². The molecule has 1 N–H and O–H groups in total. The van der Waals surface area contributed by atoms with Gasteiger partial charge in [-0.1, -0.05) is 24.3 Å². The molecular weight excluding hydrogens is 426 g/mol. The van der Waals surface area contributed by atoms with Crippen LogP contribution in [0.5, 0.6) is 5.75 Å². The molecule has 0 saturated carbocycles. The summed E-state index contributed by atoms with van der Waals surface area (Å²) in [6.45, 7) is 2.83. The molecule has 7 nitrogen and oxygen atoms in total. The van der Waals surface area contributed by atoms with Crippen LogP contribution in [0.25, 0.3) is 10.8 Å². The van der Waals surface area contributed by atoms with E-state index in [4.69, 9.17) is 4.74 Å². The molecule has 1 aliphatic heterocycles. The van der Waals surface area contributed by atoms with E-state index in [1.807, 2.05) is 36.4 Å². The van der Waals surface area contributed by atoms with Gasteiger partial charge in [0.15, 0.2) is 0 Å². The van der Waals surface area contributed by atoms with Crippen LogP contribution >= 0.6 is 0 Å². The number of amides is 1. The number of nitrogens with zero attached hydrogens (tertiary/aromatic N) is 2. The highest BCUT2D eigenvalue weighted by atomic mass is 32.2. The molecule has 3 aromatic rings. The zero-order valence-electron chi connectivity index (χ0n) is 18.0. The first-order chi connectivity index (χ1) is 15.4. The van der Waals surface area contributed by atoms with Gasteiger partial charge in [-0.05, 0) is 72.5 Å². The Morgan fingerprint density at radius 1 is 0.969 bits per heavy atom. The summed E-state index contributed by atoms with van der Waals surface area (Å²) in [6.07, 6.45) is 1.71. The van der Waals surface area contributed by atoms with Gasteiger partial charge in [0.05, 0.1) is 17.7 Å². The topological polar surface area (TPSA) is 88.1 Å². The largest absolute Gasteiger partial charge is 0.497 e. The number of fused-ring (bicyclic) bond motifs is 1. The van der Waals surface area contributed by atoms with Crippen molar-refractivity contribution in [1.29, 1.82) is 0 Å². The number of hydrogen-bond acceptors (Lipinski definition) is 5. The van der Waals surface area contributed by atoms with E-state index in [1.54, 1.807) is 26.2 Å². The summed E-state index contributed by atoms with van der Waals surface area (Å²) < 4.78 is 32.2. The highest BCUT2D eigenvalue weighted by molar-refractivity contribution is 7.89. The van der Waals surface area contributed by atoms with Crippen LogP contribution in [0, 0.1) is 0 Å². The molecule has 0 aliphatic carbocycles. The molecule has 1 heterocycles. The molecule has 0 atom stereocenters. The molecule has 0 radical (unpaired) electrons. The minimum atomic E-state index is -3.59. The van der Waals surface area contributed by atoms with Crippen LogP contribution in [0.4, 0.5) is 0 Å². The van der Waals surface area contributed by atoms with Crippen molar-refractivity contribution in [2.75, 3.05) is 20.2 Å². The van der Waals surface area contributed by atoms with Crippen LogP contribution in [-0.2, 0) is 10.0 Å². The molecule has 3 aromatic carbocycles. The maximum atomic E-state index is 12.8. The molecule has 1 aliphatic rings. The summed E-state index contributed by atoms with van der Waals surface area (Å²) in [5.74, 6) is 0.324. The second kappa shape index (κ2) is 9.10. The van der Waals surface area contributed by atoms with Crippen molar-refractivity contribution in [3.05, 3.63) is 71.8 Å². The second-order valence-electron chi connectivity index (χ2n) is 7.71. The predicted octanol–water partition coefficient (Wildman–Crippen LogP) is 3.79. The Bertz CT molecular complexity index is 1300. The van der Waals surface area contributed by atoms with Crippen molar-refractivity contribution in [3.8, 4) is 5.75 Å². The molecule has 8 heteroatoms. The summed E-state index contributed by atoms with van der Waals surface area (Å²) >= 11 is 0. The lowest BCUT2D eigenvalue weighted by molar-refractivity contribution is 0.0954. The number of sulfonamides is 1. The highest BCUT2D eigenvalue weighted by Crippen LogP contribution is 2.23. The lowest BCUT2D eigenvalue weighted by atomic mass is 10.0. The number of benzene rings is 3. The summed E-state index contributed by atoms with van der Waals surface area (Å²) in [6, 6.07) is 17.8. The Morgan fingerprint density at radius 3 is 2.44 bits per heavy atom. The van der Waals surface area contributed by atoms with E-state index >= 15 is 0 Å². The van der Waals surface area contributed by atoms with Crippen molar-refractivity contribution in [1.82, 2.24) is 9.73 Å². The zero-order valence-corrected chi connectivity index (χ0v) is 18.9. The number of methoxy groups -OCH3 is 1. The third kappa shape index (κ3) is 4.51. The molecule has 0 spiro atoms. The van der Waals surface area contributed by atoms with Gasteiger partial charge in [-0.25, -0.2) is 13.8 Å². The monoisotopic (exact) mass is 451 g/mol. The van der Waals surface area contributed by atoms with Gasteiger partial charge < -0.3 is 4.74 Å². The van der Waals surface area contributed by atoms with E-state index in [2.05, 4.69) is 10.5 Å².